The van der Waals surface area contributed by atoms with Gasteiger partial charge in [0.2, 0.25) is 6.29 Å². The van der Waals surface area contributed by atoms with Crippen molar-refractivity contribution in [2.75, 3.05) is 20.3 Å². The fourth-order valence-corrected chi connectivity index (χ4v) is 3.36. The Labute approximate surface area is 211 Å². The molecule has 0 saturated heterocycles. The van der Waals surface area contributed by atoms with Crippen LogP contribution in [0.2, 0.25) is 0 Å². The van der Waals surface area contributed by atoms with Crippen LogP contribution in [0.4, 0.5) is 0 Å². The van der Waals surface area contributed by atoms with Crippen molar-refractivity contribution in [3.8, 4) is 0 Å². The number of carbonyl (C=O) groups excluding carboxylic acids is 3. The molecule has 1 aromatic rings. The van der Waals surface area contributed by atoms with E-state index in [2.05, 4.69) is 4.74 Å². The van der Waals surface area contributed by atoms with Gasteiger partial charge in [0.05, 0.1) is 37.5 Å². The number of aliphatic carboxylic acids is 1. The van der Waals surface area contributed by atoms with Gasteiger partial charge in [-0.2, -0.15) is 0 Å². The maximum atomic E-state index is 12.3. The second-order valence-electron chi connectivity index (χ2n) is 7.86. The first-order valence-corrected chi connectivity index (χ1v) is 11.0. The minimum absolute atomic E-state index is 0.0288. The fourth-order valence-electron chi connectivity index (χ4n) is 3.36. The lowest BCUT2D eigenvalue weighted by molar-refractivity contribution is -0.160. The zero-order valence-electron chi connectivity index (χ0n) is 19.7. The third-order valence-electron chi connectivity index (χ3n) is 5.41. The van der Waals surface area contributed by atoms with Crippen LogP contribution in [-0.2, 0) is 33.3 Å². The summed E-state index contributed by atoms with van der Waals surface area (Å²) in [4.78, 5) is 46.6. The molecule has 5 N–H and O–H groups in total. The Balaban J connectivity index is 2.25. The van der Waals surface area contributed by atoms with E-state index in [1.54, 1.807) is 18.2 Å². The number of benzene rings is 1. The van der Waals surface area contributed by atoms with Crippen molar-refractivity contribution in [2.45, 2.75) is 37.1 Å². The number of carboxylic acid groups (broad SMARTS) is 1. The number of aliphatic hydroxyl groups is 4. The molecule has 0 bridgehead atoms. The van der Waals surface area contributed by atoms with Crippen molar-refractivity contribution in [1.29, 1.82) is 0 Å². The number of rotatable bonds is 13. The minimum Gasteiger partial charge on any atom is -0.478 e. The van der Waals surface area contributed by atoms with Crippen LogP contribution in [0, 0.1) is 5.92 Å². The summed E-state index contributed by atoms with van der Waals surface area (Å²) in [5.41, 5.74) is -0.0173. The molecule has 0 aromatic heterocycles. The smallest absolute Gasteiger partial charge is 0.338 e. The first-order chi connectivity index (χ1) is 17.6. The topological polar surface area (TPSA) is 206 Å². The minimum atomic E-state index is -2.01. The molecule has 1 aromatic carbocycles. The van der Waals surface area contributed by atoms with Crippen LogP contribution in [0.3, 0.4) is 0 Å². The van der Waals surface area contributed by atoms with Crippen molar-refractivity contribution in [3.63, 3.8) is 0 Å². The first kappa shape index (κ1) is 29.6. The lowest BCUT2D eigenvalue weighted by Crippen LogP contribution is -2.47. The van der Waals surface area contributed by atoms with Crippen molar-refractivity contribution < 1.29 is 63.7 Å². The summed E-state index contributed by atoms with van der Waals surface area (Å²) in [5, 5.41) is 48.7. The predicted octanol–water partition coefficient (Wildman–Crippen LogP) is -1.07. The number of aldehydes is 1. The molecule has 202 valence electrons. The van der Waals surface area contributed by atoms with Gasteiger partial charge in [0.1, 0.15) is 31.0 Å². The van der Waals surface area contributed by atoms with Crippen molar-refractivity contribution in [3.05, 3.63) is 59.4 Å². The van der Waals surface area contributed by atoms with Crippen LogP contribution in [0.1, 0.15) is 16.8 Å². The Morgan fingerprint density at radius 3 is 2.35 bits per heavy atom. The number of carbonyl (C=O) groups is 4. The Morgan fingerprint density at radius 2 is 1.76 bits per heavy atom. The molecule has 1 aliphatic rings. The van der Waals surface area contributed by atoms with Gasteiger partial charge in [-0.25, -0.2) is 9.59 Å². The second kappa shape index (κ2) is 14.2. The molecule has 0 amide bonds. The van der Waals surface area contributed by atoms with Crippen LogP contribution in [-0.4, -0.2) is 101 Å². The highest BCUT2D eigenvalue weighted by Crippen LogP contribution is 2.34. The molecule has 0 fully saturated rings. The van der Waals surface area contributed by atoms with E-state index in [1.165, 1.54) is 18.2 Å². The largest absolute Gasteiger partial charge is 0.478 e. The molecule has 1 heterocycles. The lowest BCUT2D eigenvalue weighted by atomic mass is 9.86. The Bertz CT molecular complexity index is 1000. The highest BCUT2D eigenvalue weighted by atomic mass is 16.7. The monoisotopic (exact) mass is 524 g/mol. The number of carboxylic acids is 1. The van der Waals surface area contributed by atoms with Gasteiger partial charge in [0.25, 0.3) is 0 Å². The van der Waals surface area contributed by atoms with Gasteiger partial charge in [-0.1, -0.05) is 18.2 Å². The molecular weight excluding hydrogens is 496 g/mol. The standard InChI is InChI=1S/C24H28O13/c1-34-19(28)9-15-14(7-8-35-23(33)13-5-3-2-4-6-13)24(36-11-16(15)22(31)32)37-12-18(27)21(30)20(29)17(26)10-25/h2-7,10-11,15,17-18,20-21,24,26-27,29-30H,8-9,12H2,1H3,(H,31,32)/t15-,17-,18+,20+,21+,24-/m0/s1. The Hall–Kier alpha value is -3.62. The Morgan fingerprint density at radius 1 is 1.08 bits per heavy atom. The highest BCUT2D eigenvalue weighted by Gasteiger charge is 2.38. The number of ether oxygens (including phenoxy) is 4. The first-order valence-electron chi connectivity index (χ1n) is 11.0. The van der Waals surface area contributed by atoms with E-state index in [0.29, 0.717) is 0 Å². The van der Waals surface area contributed by atoms with Crippen LogP contribution in [0.5, 0.6) is 0 Å². The molecule has 1 aliphatic heterocycles. The maximum Gasteiger partial charge on any atom is 0.338 e. The van der Waals surface area contributed by atoms with Gasteiger partial charge in [0, 0.05) is 11.5 Å². The molecule has 0 radical (unpaired) electrons. The third kappa shape index (κ3) is 8.20. The molecule has 13 nitrogen and oxygen atoms in total. The van der Waals surface area contributed by atoms with Gasteiger partial charge in [-0.3, -0.25) is 4.79 Å². The lowest BCUT2D eigenvalue weighted by Gasteiger charge is -2.32. The summed E-state index contributed by atoms with van der Waals surface area (Å²) in [6.07, 6.45) is -7.52. The third-order valence-corrected chi connectivity index (χ3v) is 5.41. The zero-order valence-corrected chi connectivity index (χ0v) is 19.7. The summed E-state index contributed by atoms with van der Waals surface area (Å²) in [7, 11) is 1.11. The van der Waals surface area contributed by atoms with E-state index < -0.39 is 67.6 Å². The number of esters is 2. The van der Waals surface area contributed by atoms with E-state index in [-0.39, 0.29) is 29.6 Å². The fraction of sp³-hybridized carbons (Fsp3) is 0.417. The van der Waals surface area contributed by atoms with Crippen LogP contribution >= 0.6 is 0 Å². The van der Waals surface area contributed by atoms with Crippen LogP contribution in [0.25, 0.3) is 0 Å². The Kier molecular flexibility index (Phi) is 11.4. The molecule has 0 spiro atoms. The molecule has 37 heavy (non-hydrogen) atoms. The number of hydrogen-bond acceptors (Lipinski definition) is 12. The molecule has 6 atom stereocenters. The van der Waals surface area contributed by atoms with Gasteiger partial charge in [-0.05, 0) is 18.2 Å². The molecule has 2 rings (SSSR count). The summed E-state index contributed by atoms with van der Waals surface area (Å²) >= 11 is 0. The maximum absolute atomic E-state index is 12.3. The van der Waals surface area contributed by atoms with E-state index in [4.69, 9.17) is 14.2 Å². The highest BCUT2D eigenvalue weighted by molar-refractivity contribution is 5.90. The van der Waals surface area contributed by atoms with Crippen molar-refractivity contribution in [1.82, 2.24) is 0 Å². The average Bonchev–Trinajstić information content (AvgIpc) is 2.91. The van der Waals surface area contributed by atoms with E-state index in [9.17, 15) is 44.7 Å². The molecular formula is C24H28O13. The van der Waals surface area contributed by atoms with Crippen molar-refractivity contribution >= 4 is 24.2 Å². The quantitative estimate of drug-likeness (QED) is 0.119. The van der Waals surface area contributed by atoms with Gasteiger partial charge in [-0.15, -0.1) is 0 Å². The number of aliphatic hydroxyl groups excluding tert-OH is 4. The summed E-state index contributed by atoms with van der Waals surface area (Å²) in [6.45, 7) is -1.08. The molecule has 13 heteroatoms. The van der Waals surface area contributed by atoms with Crippen LogP contribution in [0.15, 0.2) is 53.8 Å². The van der Waals surface area contributed by atoms with Gasteiger partial charge < -0.3 is 49.3 Å². The summed E-state index contributed by atoms with van der Waals surface area (Å²) in [5.74, 6) is -3.97. The zero-order chi connectivity index (χ0) is 27.5. The number of hydrogen-bond donors (Lipinski definition) is 5. The van der Waals surface area contributed by atoms with E-state index in [1.807, 2.05) is 0 Å². The van der Waals surface area contributed by atoms with E-state index in [0.717, 1.165) is 13.4 Å². The van der Waals surface area contributed by atoms with Gasteiger partial charge in [0.15, 0.2) is 6.29 Å². The average molecular weight is 524 g/mol. The molecule has 0 unspecified atom stereocenters. The number of methoxy groups -OCH3 is 1. The van der Waals surface area contributed by atoms with Gasteiger partial charge >= 0.3 is 17.9 Å². The molecule has 0 aliphatic carbocycles. The molecule has 0 saturated carbocycles. The predicted molar refractivity (Wildman–Crippen MR) is 122 cm³/mol. The van der Waals surface area contributed by atoms with Crippen LogP contribution < -0.4 is 0 Å². The summed E-state index contributed by atoms with van der Waals surface area (Å²) < 4.78 is 20.6. The second-order valence-corrected chi connectivity index (χ2v) is 7.86. The SMILES string of the molecule is COC(=O)C[C@@H]1C(C(=O)O)=CO[C@@H](OC[C@@H](O)[C@@H](O)[C@H](O)[C@@H](O)C=O)C1=CCOC(=O)c1ccccc1. The van der Waals surface area contributed by atoms with Crippen molar-refractivity contribution in [2.24, 2.45) is 5.92 Å². The summed E-state index contributed by atoms with van der Waals surface area (Å²) in [6, 6.07) is 8.03. The van der Waals surface area contributed by atoms with E-state index >= 15 is 0 Å². The normalized spacial score (nSPS) is 21.5.